The summed E-state index contributed by atoms with van der Waals surface area (Å²) in [5.41, 5.74) is 0. The highest BCUT2D eigenvalue weighted by atomic mass is 16.5. The van der Waals surface area contributed by atoms with Gasteiger partial charge in [-0.15, -0.1) is 0 Å². The van der Waals surface area contributed by atoms with E-state index in [1.54, 1.807) is 14.0 Å². The van der Waals surface area contributed by atoms with Crippen LogP contribution in [0.15, 0.2) is 0 Å². The minimum atomic E-state index is -0.410. The average molecular weight is 231 g/mol. The van der Waals surface area contributed by atoms with Crippen molar-refractivity contribution in [1.29, 1.82) is 0 Å². The van der Waals surface area contributed by atoms with Gasteiger partial charge in [0.25, 0.3) is 0 Å². The fraction of sp³-hybridized carbons (Fsp3) is 0.917. The highest BCUT2D eigenvalue weighted by molar-refractivity contribution is 5.76. The molecule has 1 N–H and O–H groups in total. The van der Waals surface area contributed by atoms with Gasteiger partial charge < -0.3 is 14.7 Å². The van der Waals surface area contributed by atoms with Crippen LogP contribution in [0.1, 0.15) is 33.6 Å². The second-order valence-electron chi connectivity index (χ2n) is 4.61. The van der Waals surface area contributed by atoms with Gasteiger partial charge in [0, 0.05) is 26.6 Å². The van der Waals surface area contributed by atoms with E-state index in [1.165, 1.54) is 0 Å². The summed E-state index contributed by atoms with van der Waals surface area (Å²) in [5.74, 6) is 0.555. The maximum Gasteiger partial charge on any atom is 0.222 e. The Bertz CT molecular complexity index is 193. The van der Waals surface area contributed by atoms with Crippen molar-refractivity contribution in [2.75, 3.05) is 26.8 Å². The first kappa shape index (κ1) is 15.4. The molecule has 1 atom stereocenters. The summed E-state index contributed by atoms with van der Waals surface area (Å²) < 4.78 is 4.99. The quantitative estimate of drug-likeness (QED) is 0.684. The molecule has 0 aliphatic rings. The van der Waals surface area contributed by atoms with Gasteiger partial charge in [0.05, 0.1) is 12.7 Å². The number of aliphatic hydroxyl groups is 1. The van der Waals surface area contributed by atoms with E-state index in [4.69, 9.17) is 9.84 Å². The number of ether oxygens (including phenoxy) is 1. The zero-order chi connectivity index (χ0) is 12.6. The lowest BCUT2D eigenvalue weighted by atomic mass is 10.1. The van der Waals surface area contributed by atoms with E-state index < -0.39 is 6.10 Å². The van der Waals surface area contributed by atoms with Crippen molar-refractivity contribution in [3.8, 4) is 0 Å². The van der Waals surface area contributed by atoms with E-state index in [2.05, 4.69) is 13.8 Å². The Morgan fingerprint density at radius 2 is 2.00 bits per heavy atom. The second-order valence-corrected chi connectivity index (χ2v) is 4.61. The topological polar surface area (TPSA) is 49.8 Å². The van der Waals surface area contributed by atoms with Crippen molar-refractivity contribution in [2.45, 2.75) is 39.7 Å². The molecule has 1 amide bonds. The predicted octanol–water partition coefficient (Wildman–Crippen LogP) is 1.28. The Kier molecular flexibility index (Phi) is 8.21. The van der Waals surface area contributed by atoms with E-state index in [0.29, 0.717) is 31.9 Å². The maximum absolute atomic E-state index is 11.8. The number of carbonyl (C=O) groups is 1. The summed E-state index contributed by atoms with van der Waals surface area (Å²) in [7, 11) is 1.63. The van der Waals surface area contributed by atoms with Gasteiger partial charge in [0.1, 0.15) is 0 Å². The van der Waals surface area contributed by atoms with E-state index in [1.807, 2.05) is 4.90 Å². The fourth-order valence-electron chi connectivity index (χ4n) is 1.45. The van der Waals surface area contributed by atoms with E-state index in [9.17, 15) is 4.79 Å². The van der Waals surface area contributed by atoms with Crippen LogP contribution in [0.2, 0.25) is 0 Å². The molecule has 0 aromatic carbocycles. The van der Waals surface area contributed by atoms with Gasteiger partial charge in [-0.25, -0.2) is 0 Å². The highest BCUT2D eigenvalue weighted by Gasteiger charge is 2.14. The molecule has 0 fully saturated rings. The van der Waals surface area contributed by atoms with Gasteiger partial charge in [-0.05, 0) is 19.3 Å². The predicted molar refractivity (Wildman–Crippen MR) is 64.2 cm³/mol. The minimum Gasteiger partial charge on any atom is -0.393 e. The van der Waals surface area contributed by atoms with Crippen molar-refractivity contribution < 1.29 is 14.6 Å². The lowest BCUT2D eigenvalue weighted by molar-refractivity contribution is -0.132. The molecule has 0 aliphatic carbocycles. The molecule has 0 radical (unpaired) electrons. The third-order valence-corrected chi connectivity index (χ3v) is 2.28. The van der Waals surface area contributed by atoms with E-state index in [0.717, 1.165) is 6.54 Å². The molecule has 1 unspecified atom stereocenters. The Labute approximate surface area is 98.6 Å². The van der Waals surface area contributed by atoms with Gasteiger partial charge in [-0.2, -0.15) is 0 Å². The standard InChI is InChI=1S/C12H25NO3/c1-10(2)9-13(7-8-16-4)12(15)6-5-11(3)14/h10-11,14H,5-9H2,1-4H3. The molecule has 0 aromatic heterocycles. The van der Waals surface area contributed by atoms with Crippen molar-refractivity contribution >= 4 is 5.91 Å². The number of amides is 1. The molecule has 0 aromatic rings. The summed E-state index contributed by atoms with van der Waals surface area (Å²) in [6, 6.07) is 0. The number of aliphatic hydroxyl groups excluding tert-OH is 1. The number of carbonyl (C=O) groups excluding carboxylic acids is 1. The summed E-state index contributed by atoms with van der Waals surface area (Å²) >= 11 is 0. The summed E-state index contributed by atoms with van der Waals surface area (Å²) in [6.07, 6.45) is 0.529. The summed E-state index contributed by atoms with van der Waals surface area (Å²) in [5, 5.41) is 9.15. The minimum absolute atomic E-state index is 0.103. The molecule has 0 rings (SSSR count). The van der Waals surface area contributed by atoms with Crippen molar-refractivity contribution in [1.82, 2.24) is 4.90 Å². The smallest absolute Gasteiger partial charge is 0.222 e. The molecule has 16 heavy (non-hydrogen) atoms. The van der Waals surface area contributed by atoms with Crippen molar-refractivity contribution in [2.24, 2.45) is 5.92 Å². The third kappa shape index (κ3) is 7.65. The zero-order valence-corrected chi connectivity index (χ0v) is 10.9. The Morgan fingerprint density at radius 3 is 2.44 bits per heavy atom. The van der Waals surface area contributed by atoms with Crippen LogP contribution in [-0.4, -0.2) is 48.8 Å². The molecule has 0 bridgehead atoms. The third-order valence-electron chi connectivity index (χ3n) is 2.28. The van der Waals surface area contributed by atoms with Crippen LogP contribution in [0.5, 0.6) is 0 Å². The van der Waals surface area contributed by atoms with Gasteiger partial charge in [-0.1, -0.05) is 13.8 Å². The molecule has 4 heteroatoms. The lowest BCUT2D eigenvalue weighted by Crippen LogP contribution is -2.36. The Morgan fingerprint density at radius 1 is 1.38 bits per heavy atom. The van der Waals surface area contributed by atoms with Gasteiger partial charge >= 0.3 is 0 Å². The van der Waals surface area contributed by atoms with E-state index in [-0.39, 0.29) is 5.91 Å². The molecular weight excluding hydrogens is 206 g/mol. The Hall–Kier alpha value is -0.610. The van der Waals surface area contributed by atoms with Gasteiger partial charge in [0.15, 0.2) is 0 Å². The second kappa shape index (κ2) is 8.53. The largest absolute Gasteiger partial charge is 0.393 e. The Balaban J connectivity index is 4.09. The number of methoxy groups -OCH3 is 1. The highest BCUT2D eigenvalue weighted by Crippen LogP contribution is 2.05. The number of hydrogen-bond donors (Lipinski definition) is 1. The number of hydrogen-bond acceptors (Lipinski definition) is 3. The maximum atomic E-state index is 11.8. The molecule has 0 spiro atoms. The summed E-state index contributed by atoms with van der Waals surface area (Å²) in [4.78, 5) is 13.7. The van der Waals surface area contributed by atoms with E-state index >= 15 is 0 Å². The molecule has 96 valence electrons. The first-order valence-corrected chi connectivity index (χ1v) is 5.92. The first-order valence-electron chi connectivity index (χ1n) is 5.92. The van der Waals surface area contributed by atoms with Crippen LogP contribution in [0.3, 0.4) is 0 Å². The van der Waals surface area contributed by atoms with Crippen LogP contribution in [-0.2, 0) is 9.53 Å². The van der Waals surface area contributed by atoms with Gasteiger partial charge in [0.2, 0.25) is 5.91 Å². The average Bonchev–Trinajstić information content (AvgIpc) is 2.20. The van der Waals surface area contributed by atoms with Crippen LogP contribution in [0.25, 0.3) is 0 Å². The van der Waals surface area contributed by atoms with Crippen LogP contribution in [0, 0.1) is 5.92 Å². The zero-order valence-electron chi connectivity index (χ0n) is 10.9. The normalized spacial score (nSPS) is 12.9. The number of rotatable bonds is 8. The molecular formula is C12H25NO3. The fourth-order valence-corrected chi connectivity index (χ4v) is 1.45. The molecule has 4 nitrogen and oxygen atoms in total. The lowest BCUT2D eigenvalue weighted by Gasteiger charge is -2.24. The summed E-state index contributed by atoms with van der Waals surface area (Å²) in [6.45, 7) is 7.82. The monoisotopic (exact) mass is 231 g/mol. The first-order chi connectivity index (χ1) is 7.47. The van der Waals surface area contributed by atoms with Crippen molar-refractivity contribution in [3.05, 3.63) is 0 Å². The number of nitrogens with zero attached hydrogens (tertiary/aromatic N) is 1. The van der Waals surface area contributed by atoms with Crippen molar-refractivity contribution in [3.63, 3.8) is 0 Å². The van der Waals surface area contributed by atoms with Crippen LogP contribution >= 0.6 is 0 Å². The SMILES string of the molecule is COCCN(CC(C)C)C(=O)CCC(C)O. The molecule has 0 aliphatic heterocycles. The molecule has 0 heterocycles. The van der Waals surface area contributed by atoms with Gasteiger partial charge in [-0.3, -0.25) is 4.79 Å². The van der Waals surface area contributed by atoms with Crippen LogP contribution in [0.4, 0.5) is 0 Å². The van der Waals surface area contributed by atoms with Crippen LogP contribution < -0.4 is 0 Å². The molecule has 0 saturated heterocycles. The molecule has 0 saturated carbocycles.